The average Bonchev–Trinajstić information content (AvgIpc) is 2.37. The fourth-order valence-corrected chi connectivity index (χ4v) is 3.46. The highest BCUT2D eigenvalue weighted by molar-refractivity contribution is 7.60. The molecule has 21 heavy (non-hydrogen) atoms. The van der Waals surface area contributed by atoms with E-state index in [1.165, 1.54) is 6.66 Å². The largest absolute Gasteiger partial charge is 0.427 e. The molecule has 0 saturated heterocycles. The highest BCUT2D eigenvalue weighted by Gasteiger charge is 2.20. The number of hydrogen-bond acceptors (Lipinski definition) is 2. The first kappa shape index (κ1) is 16.2. The molecule has 2 aromatic carbocycles. The summed E-state index contributed by atoms with van der Waals surface area (Å²) < 4.78 is 18.2. The van der Waals surface area contributed by atoms with Gasteiger partial charge in [-0.05, 0) is 49.2 Å². The normalized spacial score (nSPS) is 13.6. The molecule has 2 aromatic rings. The van der Waals surface area contributed by atoms with Crippen molar-refractivity contribution in [2.45, 2.75) is 13.8 Å². The number of hydrogen-bond donors (Lipinski definition) is 1. The molecule has 0 spiro atoms. The molecule has 112 valence electrons. The quantitative estimate of drug-likeness (QED) is 0.699. The lowest BCUT2D eigenvalue weighted by Gasteiger charge is -2.19. The zero-order valence-electron chi connectivity index (χ0n) is 12.0. The third-order valence-electron chi connectivity index (χ3n) is 2.88. The van der Waals surface area contributed by atoms with Gasteiger partial charge in [-0.25, -0.2) is 0 Å². The van der Waals surface area contributed by atoms with Gasteiger partial charge in [0.25, 0.3) is 0 Å². The van der Waals surface area contributed by atoms with Gasteiger partial charge in [0.2, 0.25) is 0 Å². The highest BCUT2D eigenvalue weighted by atomic mass is 35.5. The molecule has 0 aliphatic carbocycles. The van der Waals surface area contributed by atoms with Crippen LogP contribution in [0.3, 0.4) is 0 Å². The third kappa shape index (κ3) is 4.41. The van der Waals surface area contributed by atoms with Gasteiger partial charge >= 0.3 is 7.52 Å². The van der Waals surface area contributed by atoms with Crippen molar-refractivity contribution in [3.63, 3.8) is 0 Å². The highest BCUT2D eigenvalue weighted by Crippen LogP contribution is 2.46. The van der Waals surface area contributed by atoms with Gasteiger partial charge < -0.3 is 9.61 Å². The fourth-order valence-electron chi connectivity index (χ4n) is 1.82. The Balaban J connectivity index is 2.24. The van der Waals surface area contributed by atoms with Crippen molar-refractivity contribution >= 4 is 36.4 Å². The van der Waals surface area contributed by atoms with Gasteiger partial charge in [-0.15, -0.1) is 0 Å². The molecular formula is C15H16Cl2NO2P. The molecule has 2 rings (SSSR count). The number of anilines is 1. The maximum Gasteiger partial charge on any atom is 0.338 e. The van der Waals surface area contributed by atoms with Crippen LogP contribution >= 0.6 is 30.7 Å². The van der Waals surface area contributed by atoms with E-state index in [1.54, 1.807) is 24.3 Å². The van der Waals surface area contributed by atoms with E-state index in [0.717, 1.165) is 11.1 Å². The predicted octanol–water partition coefficient (Wildman–Crippen LogP) is 5.92. The molecule has 0 saturated carbocycles. The van der Waals surface area contributed by atoms with Crippen LogP contribution < -0.4 is 9.61 Å². The van der Waals surface area contributed by atoms with E-state index in [0.29, 0.717) is 21.5 Å². The summed E-state index contributed by atoms with van der Waals surface area (Å²) in [5.41, 5.74) is 2.59. The predicted molar refractivity (Wildman–Crippen MR) is 90.2 cm³/mol. The van der Waals surface area contributed by atoms with Crippen LogP contribution in [0.4, 0.5) is 5.69 Å². The molecule has 0 amide bonds. The zero-order valence-corrected chi connectivity index (χ0v) is 14.4. The second-order valence-electron chi connectivity index (χ2n) is 4.94. The molecule has 0 bridgehead atoms. The van der Waals surface area contributed by atoms with Crippen LogP contribution in [-0.4, -0.2) is 6.66 Å². The Morgan fingerprint density at radius 1 is 1.10 bits per heavy atom. The van der Waals surface area contributed by atoms with E-state index in [2.05, 4.69) is 5.09 Å². The Morgan fingerprint density at radius 3 is 2.52 bits per heavy atom. The number of rotatable bonds is 4. The van der Waals surface area contributed by atoms with Crippen molar-refractivity contribution in [2.75, 3.05) is 11.8 Å². The van der Waals surface area contributed by atoms with Crippen molar-refractivity contribution in [3.05, 3.63) is 57.6 Å². The van der Waals surface area contributed by atoms with Crippen molar-refractivity contribution in [3.8, 4) is 5.75 Å². The van der Waals surface area contributed by atoms with E-state index in [4.69, 9.17) is 27.7 Å². The van der Waals surface area contributed by atoms with Crippen LogP contribution in [0, 0.1) is 13.8 Å². The lowest BCUT2D eigenvalue weighted by atomic mass is 10.2. The number of nitrogens with one attached hydrogen (secondary N) is 1. The van der Waals surface area contributed by atoms with Crippen molar-refractivity contribution in [1.82, 2.24) is 0 Å². The molecule has 0 aliphatic heterocycles. The summed E-state index contributed by atoms with van der Waals surface area (Å²) in [4.78, 5) is 0. The summed E-state index contributed by atoms with van der Waals surface area (Å²) in [6.45, 7) is 5.32. The van der Waals surface area contributed by atoms with Gasteiger partial charge in [0.05, 0.1) is 5.02 Å². The molecular weight excluding hydrogens is 328 g/mol. The van der Waals surface area contributed by atoms with Crippen molar-refractivity contribution in [1.29, 1.82) is 0 Å². The van der Waals surface area contributed by atoms with E-state index >= 15 is 0 Å². The summed E-state index contributed by atoms with van der Waals surface area (Å²) in [5.74, 6) is 0.398. The fraction of sp³-hybridized carbons (Fsp3) is 0.200. The minimum absolute atomic E-state index is 0.398. The molecule has 0 aliphatic rings. The van der Waals surface area contributed by atoms with Crippen LogP contribution in [0.2, 0.25) is 10.0 Å². The first-order chi connectivity index (χ1) is 9.77. The summed E-state index contributed by atoms with van der Waals surface area (Å²) in [6, 6.07) is 10.7. The maximum atomic E-state index is 12.6. The molecule has 0 unspecified atom stereocenters. The topological polar surface area (TPSA) is 38.3 Å². The average molecular weight is 344 g/mol. The molecule has 6 heteroatoms. The van der Waals surface area contributed by atoms with Crippen LogP contribution in [0.1, 0.15) is 11.1 Å². The number of aryl methyl sites for hydroxylation is 2. The lowest BCUT2D eigenvalue weighted by molar-refractivity contribution is 0.493. The Labute approximate surface area is 134 Å². The first-order valence-corrected chi connectivity index (χ1v) is 9.17. The summed E-state index contributed by atoms with van der Waals surface area (Å²) in [6.07, 6.45) is 0. The molecule has 1 N–H and O–H groups in total. The van der Waals surface area contributed by atoms with Gasteiger partial charge in [-0.3, -0.25) is 4.57 Å². The van der Waals surface area contributed by atoms with Crippen molar-refractivity contribution < 1.29 is 9.09 Å². The summed E-state index contributed by atoms with van der Waals surface area (Å²) in [5, 5.41) is 3.90. The molecule has 0 radical (unpaired) electrons. The van der Waals surface area contributed by atoms with Crippen LogP contribution in [0.15, 0.2) is 36.4 Å². The number of halogens is 2. The van der Waals surface area contributed by atoms with Gasteiger partial charge in [0.15, 0.2) is 0 Å². The van der Waals surface area contributed by atoms with Gasteiger partial charge in [-0.1, -0.05) is 35.3 Å². The Morgan fingerprint density at radius 2 is 1.81 bits per heavy atom. The molecule has 1 atom stereocenters. The first-order valence-electron chi connectivity index (χ1n) is 6.34. The maximum absolute atomic E-state index is 12.6. The molecule has 0 fully saturated rings. The van der Waals surface area contributed by atoms with Crippen molar-refractivity contribution in [2.24, 2.45) is 0 Å². The lowest BCUT2D eigenvalue weighted by Crippen LogP contribution is -2.04. The molecule has 3 nitrogen and oxygen atoms in total. The summed E-state index contributed by atoms with van der Waals surface area (Å²) >= 11 is 12.0. The second kappa shape index (κ2) is 6.31. The monoisotopic (exact) mass is 343 g/mol. The Bertz CT molecular complexity index is 661. The zero-order chi connectivity index (χ0) is 15.6. The van der Waals surface area contributed by atoms with Crippen LogP contribution in [-0.2, 0) is 4.57 Å². The van der Waals surface area contributed by atoms with E-state index in [9.17, 15) is 4.57 Å². The standard InChI is InChI=1S/C15H16Cl2NO2P/c1-10-4-7-13(17)15(8-10)20-21(3,19)18-14-9-12(16)6-5-11(14)2/h4-9H,1-3H3,(H,18,19)/t21-/m1/s1. The third-order valence-corrected chi connectivity index (χ3v) is 4.62. The van der Waals surface area contributed by atoms with Gasteiger partial charge in [0, 0.05) is 17.4 Å². The molecule has 0 aromatic heterocycles. The Hall–Kier alpha value is -1.15. The van der Waals surface area contributed by atoms with Gasteiger partial charge in [0.1, 0.15) is 5.75 Å². The van der Waals surface area contributed by atoms with E-state index in [-0.39, 0.29) is 0 Å². The number of benzene rings is 2. The van der Waals surface area contributed by atoms with E-state index < -0.39 is 7.52 Å². The van der Waals surface area contributed by atoms with Gasteiger partial charge in [-0.2, -0.15) is 0 Å². The SMILES string of the molecule is Cc1ccc(Cl)c(O[P@@](C)(=O)Nc2cc(Cl)ccc2C)c1. The van der Waals surface area contributed by atoms with Crippen LogP contribution in [0.25, 0.3) is 0 Å². The Kier molecular flexibility index (Phi) is 4.88. The smallest absolute Gasteiger partial charge is 0.338 e. The second-order valence-corrected chi connectivity index (χ2v) is 7.88. The molecule has 0 heterocycles. The van der Waals surface area contributed by atoms with Crippen LogP contribution in [0.5, 0.6) is 5.75 Å². The minimum atomic E-state index is -3.12. The van der Waals surface area contributed by atoms with E-state index in [1.807, 2.05) is 26.0 Å². The minimum Gasteiger partial charge on any atom is -0.427 e. The summed E-state index contributed by atoms with van der Waals surface area (Å²) in [7, 11) is -3.12.